The molecule has 1 heterocycles. The highest BCUT2D eigenvalue weighted by Gasteiger charge is 2.25. The molecule has 0 amide bonds. The van der Waals surface area contributed by atoms with Crippen LogP contribution in [0.1, 0.15) is 48.3 Å². The highest BCUT2D eigenvalue weighted by Crippen LogP contribution is 2.37. The highest BCUT2D eigenvalue weighted by molar-refractivity contribution is 5.48. The minimum absolute atomic E-state index is 0.660. The van der Waals surface area contributed by atoms with Gasteiger partial charge in [-0.3, -0.25) is 0 Å². The average Bonchev–Trinajstić information content (AvgIpc) is 2.82. The van der Waals surface area contributed by atoms with Gasteiger partial charge in [0.25, 0.3) is 0 Å². The van der Waals surface area contributed by atoms with Crippen LogP contribution in [0.3, 0.4) is 0 Å². The molecule has 1 unspecified atom stereocenters. The summed E-state index contributed by atoms with van der Waals surface area (Å²) in [5.41, 5.74) is 4.71. The van der Waals surface area contributed by atoms with Gasteiger partial charge in [-0.2, -0.15) is 0 Å². The number of benzene rings is 1. The van der Waals surface area contributed by atoms with E-state index in [0.29, 0.717) is 5.92 Å². The molecule has 1 aromatic rings. The molecule has 1 atom stereocenters. The van der Waals surface area contributed by atoms with Gasteiger partial charge in [0.15, 0.2) is 0 Å². The molecule has 1 aromatic carbocycles. The van der Waals surface area contributed by atoms with Crippen LogP contribution in [0.25, 0.3) is 0 Å². The first kappa shape index (κ1) is 12.0. The maximum absolute atomic E-state index is 5.64. The standard InChI is InChI=1S/C16H23NO/c1-18-15-8-7-12-5-3-2-4-6-14(12)16(15)13-9-10-17-11-13/h7-8,13,17H,2-6,9-11H2,1H3. The van der Waals surface area contributed by atoms with Gasteiger partial charge in [-0.25, -0.2) is 0 Å². The lowest BCUT2D eigenvalue weighted by molar-refractivity contribution is 0.405. The van der Waals surface area contributed by atoms with Crippen molar-refractivity contribution in [3.8, 4) is 5.75 Å². The van der Waals surface area contributed by atoms with Gasteiger partial charge in [-0.15, -0.1) is 0 Å². The molecule has 0 spiro atoms. The van der Waals surface area contributed by atoms with E-state index in [1.807, 2.05) is 7.11 Å². The zero-order chi connectivity index (χ0) is 12.4. The van der Waals surface area contributed by atoms with Crippen LogP contribution < -0.4 is 10.1 Å². The van der Waals surface area contributed by atoms with Crippen molar-refractivity contribution in [3.05, 3.63) is 28.8 Å². The van der Waals surface area contributed by atoms with E-state index in [0.717, 1.165) is 18.8 Å². The van der Waals surface area contributed by atoms with Crippen molar-refractivity contribution in [2.45, 2.75) is 44.4 Å². The first-order valence-electron chi connectivity index (χ1n) is 7.29. The SMILES string of the molecule is COc1ccc2c(c1C1CCNC1)CCCCC2. The number of rotatable bonds is 2. The monoisotopic (exact) mass is 245 g/mol. The molecule has 1 fully saturated rings. The fourth-order valence-corrected chi connectivity index (χ4v) is 3.54. The fraction of sp³-hybridized carbons (Fsp3) is 0.625. The van der Waals surface area contributed by atoms with Crippen LogP contribution in [-0.2, 0) is 12.8 Å². The summed E-state index contributed by atoms with van der Waals surface area (Å²) in [6.07, 6.45) is 7.83. The van der Waals surface area contributed by atoms with E-state index in [9.17, 15) is 0 Å². The molecule has 3 rings (SSSR count). The Bertz CT molecular complexity index is 421. The molecular weight excluding hydrogens is 222 g/mol. The Labute approximate surface area is 110 Å². The maximum atomic E-state index is 5.64. The van der Waals surface area contributed by atoms with Crippen LogP contribution in [0, 0.1) is 0 Å². The number of nitrogens with one attached hydrogen (secondary N) is 1. The fourth-order valence-electron chi connectivity index (χ4n) is 3.54. The molecule has 1 N–H and O–H groups in total. The van der Waals surface area contributed by atoms with Crippen LogP contribution in [0.15, 0.2) is 12.1 Å². The minimum atomic E-state index is 0.660. The maximum Gasteiger partial charge on any atom is 0.122 e. The summed E-state index contributed by atoms with van der Waals surface area (Å²) < 4.78 is 5.64. The number of hydrogen-bond donors (Lipinski definition) is 1. The van der Waals surface area contributed by atoms with Crippen LogP contribution in [0.2, 0.25) is 0 Å². The van der Waals surface area contributed by atoms with Gasteiger partial charge in [0.1, 0.15) is 5.75 Å². The topological polar surface area (TPSA) is 21.3 Å². The van der Waals surface area contributed by atoms with Crippen molar-refractivity contribution in [1.29, 1.82) is 0 Å². The number of methoxy groups -OCH3 is 1. The normalized spacial score (nSPS) is 23.5. The predicted molar refractivity (Wildman–Crippen MR) is 74.5 cm³/mol. The van der Waals surface area contributed by atoms with Gasteiger partial charge in [0.2, 0.25) is 0 Å². The van der Waals surface area contributed by atoms with E-state index in [4.69, 9.17) is 4.74 Å². The summed E-state index contributed by atoms with van der Waals surface area (Å²) >= 11 is 0. The van der Waals surface area contributed by atoms with Crippen molar-refractivity contribution in [3.63, 3.8) is 0 Å². The highest BCUT2D eigenvalue weighted by atomic mass is 16.5. The van der Waals surface area contributed by atoms with E-state index in [-0.39, 0.29) is 0 Å². The Balaban J connectivity index is 2.06. The summed E-state index contributed by atoms with van der Waals surface area (Å²) in [4.78, 5) is 0. The molecule has 1 saturated heterocycles. The Hall–Kier alpha value is -1.02. The third-order valence-electron chi connectivity index (χ3n) is 4.48. The molecule has 2 heteroatoms. The van der Waals surface area contributed by atoms with Crippen molar-refractivity contribution in [1.82, 2.24) is 5.32 Å². The summed E-state index contributed by atoms with van der Waals surface area (Å²) in [6.45, 7) is 2.27. The van der Waals surface area contributed by atoms with Gasteiger partial charge >= 0.3 is 0 Å². The van der Waals surface area contributed by atoms with Crippen molar-refractivity contribution in [2.75, 3.05) is 20.2 Å². The zero-order valence-electron chi connectivity index (χ0n) is 11.3. The van der Waals surface area contributed by atoms with E-state index in [2.05, 4.69) is 17.4 Å². The van der Waals surface area contributed by atoms with Crippen LogP contribution in [-0.4, -0.2) is 20.2 Å². The number of aryl methyl sites for hydroxylation is 1. The second-order valence-corrected chi connectivity index (χ2v) is 5.57. The molecule has 1 aliphatic carbocycles. The van der Waals surface area contributed by atoms with Gasteiger partial charge in [0.05, 0.1) is 7.11 Å². The van der Waals surface area contributed by atoms with E-state index < -0.39 is 0 Å². The largest absolute Gasteiger partial charge is 0.496 e. The number of ether oxygens (including phenoxy) is 1. The summed E-state index contributed by atoms with van der Waals surface area (Å²) in [5.74, 6) is 1.78. The molecule has 0 saturated carbocycles. The van der Waals surface area contributed by atoms with Crippen LogP contribution in [0.5, 0.6) is 5.75 Å². The predicted octanol–water partition coefficient (Wildman–Crippen LogP) is 3.04. The summed E-state index contributed by atoms with van der Waals surface area (Å²) in [5, 5.41) is 3.49. The van der Waals surface area contributed by atoms with Gasteiger partial charge in [-0.1, -0.05) is 12.5 Å². The summed E-state index contributed by atoms with van der Waals surface area (Å²) in [7, 11) is 1.81. The van der Waals surface area contributed by atoms with Crippen LogP contribution >= 0.6 is 0 Å². The van der Waals surface area contributed by atoms with E-state index in [1.165, 1.54) is 44.1 Å². The molecule has 18 heavy (non-hydrogen) atoms. The lowest BCUT2D eigenvalue weighted by Gasteiger charge is -2.20. The Morgan fingerprint density at radius 3 is 2.83 bits per heavy atom. The zero-order valence-corrected chi connectivity index (χ0v) is 11.3. The van der Waals surface area contributed by atoms with Crippen molar-refractivity contribution < 1.29 is 4.74 Å². The van der Waals surface area contributed by atoms with E-state index in [1.54, 1.807) is 11.1 Å². The number of hydrogen-bond acceptors (Lipinski definition) is 2. The Morgan fingerprint density at radius 1 is 1.17 bits per heavy atom. The first-order valence-corrected chi connectivity index (χ1v) is 7.29. The molecule has 2 nitrogen and oxygen atoms in total. The Morgan fingerprint density at radius 2 is 2.06 bits per heavy atom. The molecule has 0 aromatic heterocycles. The second-order valence-electron chi connectivity index (χ2n) is 5.57. The molecule has 2 aliphatic rings. The van der Waals surface area contributed by atoms with Gasteiger partial charge < -0.3 is 10.1 Å². The van der Waals surface area contributed by atoms with Crippen molar-refractivity contribution >= 4 is 0 Å². The van der Waals surface area contributed by atoms with E-state index >= 15 is 0 Å². The molecular formula is C16H23NO. The van der Waals surface area contributed by atoms with Crippen molar-refractivity contribution in [2.24, 2.45) is 0 Å². The quantitative estimate of drug-likeness (QED) is 0.809. The van der Waals surface area contributed by atoms with Gasteiger partial charge in [0, 0.05) is 18.0 Å². The molecule has 1 aliphatic heterocycles. The minimum Gasteiger partial charge on any atom is -0.496 e. The smallest absolute Gasteiger partial charge is 0.122 e. The third-order valence-corrected chi connectivity index (χ3v) is 4.48. The summed E-state index contributed by atoms with van der Waals surface area (Å²) in [6, 6.07) is 4.49. The lowest BCUT2D eigenvalue weighted by Crippen LogP contribution is -2.11. The average molecular weight is 245 g/mol. The molecule has 0 radical (unpaired) electrons. The second kappa shape index (κ2) is 5.31. The number of fused-ring (bicyclic) bond motifs is 1. The first-order chi connectivity index (χ1) is 8.90. The third kappa shape index (κ3) is 2.14. The van der Waals surface area contributed by atoms with Crippen LogP contribution in [0.4, 0.5) is 0 Å². The molecule has 0 bridgehead atoms. The van der Waals surface area contributed by atoms with Gasteiger partial charge in [-0.05, 0) is 55.8 Å². The Kier molecular flexibility index (Phi) is 3.55. The lowest BCUT2D eigenvalue weighted by atomic mass is 9.87. The molecule has 98 valence electrons.